The summed E-state index contributed by atoms with van der Waals surface area (Å²) in [6.07, 6.45) is 0. The lowest BCUT2D eigenvalue weighted by Crippen LogP contribution is -2.44. The average Bonchev–Trinajstić information content (AvgIpc) is 2.27. The van der Waals surface area contributed by atoms with Crippen LogP contribution in [-0.4, -0.2) is 24.4 Å². The molecule has 1 rings (SSSR count). The average molecular weight is 270 g/mol. The van der Waals surface area contributed by atoms with Crippen LogP contribution in [-0.2, 0) is 4.79 Å². The third-order valence-electron chi connectivity index (χ3n) is 2.27. The van der Waals surface area contributed by atoms with E-state index in [0.717, 1.165) is 0 Å². The van der Waals surface area contributed by atoms with Crippen LogP contribution in [0, 0.1) is 0 Å². The molecule has 98 valence electrons. The fourth-order valence-electron chi connectivity index (χ4n) is 1.42. The maximum Gasteiger partial charge on any atom is 0.252 e. The highest BCUT2D eigenvalue weighted by atomic mass is 35.5. The van der Waals surface area contributed by atoms with Crippen LogP contribution in [0.1, 0.15) is 24.2 Å². The number of nitrogen functional groups attached to an aromatic ring is 1. The van der Waals surface area contributed by atoms with Gasteiger partial charge in [-0.3, -0.25) is 9.59 Å². The lowest BCUT2D eigenvalue weighted by atomic mass is 10.1. The molecule has 0 saturated carbocycles. The van der Waals surface area contributed by atoms with Crippen LogP contribution < -0.4 is 16.4 Å². The largest absolute Gasteiger partial charge is 0.399 e. The quantitative estimate of drug-likeness (QED) is 0.718. The molecule has 0 bridgehead atoms. The van der Waals surface area contributed by atoms with Crippen LogP contribution in [0.3, 0.4) is 0 Å². The fourth-order valence-corrected chi connectivity index (χ4v) is 1.66. The number of carbonyl (C=O) groups is 2. The van der Waals surface area contributed by atoms with Gasteiger partial charge in [0.05, 0.1) is 0 Å². The van der Waals surface area contributed by atoms with Crippen LogP contribution in [0.4, 0.5) is 5.69 Å². The zero-order valence-electron chi connectivity index (χ0n) is 10.3. The first-order valence-corrected chi connectivity index (χ1v) is 5.96. The summed E-state index contributed by atoms with van der Waals surface area (Å²) < 4.78 is 0. The normalized spacial score (nSPS) is 11.7. The number of benzene rings is 1. The van der Waals surface area contributed by atoms with Crippen molar-refractivity contribution in [2.75, 3.05) is 12.3 Å². The van der Waals surface area contributed by atoms with Crippen LogP contribution in [0.2, 0.25) is 5.02 Å². The minimum atomic E-state index is -0.613. The molecule has 0 aromatic heterocycles. The Morgan fingerprint density at radius 2 is 2.06 bits per heavy atom. The highest BCUT2D eigenvalue weighted by Gasteiger charge is 2.16. The van der Waals surface area contributed by atoms with Gasteiger partial charge in [-0.25, -0.2) is 0 Å². The number of hydrogen-bond acceptors (Lipinski definition) is 3. The van der Waals surface area contributed by atoms with Gasteiger partial charge in [0.15, 0.2) is 0 Å². The number of halogens is 1. The van der Waals surface area contributed by atoms with Crippen molar-refractivity contribution in [2.24, 2.45) is 0 Å². The molecule has 6 heteroatoms. The molecule has 4 N–H and O–H groups in total. The summed E-state index contributed by atoms with van der Waals surface area (Å²) >= 11 is 5.80. The zero-order chi connectivity index (χ0) is 13.7. The van der Waals surface area contributed by atoms with Crippen molar-refractivity contribution in [2.45, 2.75) is 19.9 Å². The first-order valence-electron chi connectivity index (χ1n) is 5.58. The molecule has 18 heavy (non-hydrogen) atoms. The van der Waals surface area contributed by atoms with E-state index < -0.39 is 6.04 Å². The summed E-state index contributed by atoms with van der Waals surface area (Å²) in [4.78, 5) is 23.3. The second-order valence-corrected chi connectivity index (χ2v) is 4.30. The van der Waals surface area contributed by atoms with E-state index in [-0.39, 0.29) is 11.8 Å². The molecule has 0 aliphatic rings. The van der Waals surface area contributed by atoms with Crippen molar-refractivity contribution in [3.63, 3.8) is 0 Å². The summed E-state index contributed by atoms with van der Waals surface area (Å²) in [7, 11) is 0. The summed E-state index contributed by atoms with van der Waals surface area (Å²) in [5, 5.41) is 5.57. The number of likely N-dealkylation sites (N-methyl/N-ethyl adjacent to an activating group) is 1. The van der Waals surface area contributed by atoms with E-state index in [0.29, 0.717) is 22.8 Å². The minimum absolute atomic E-state index is 0.235. The summed E-state index contributed by atoms with van der Waals surface area (Å²) in [5.41, 5.74) is 6.32. The highest BCUT2D eigenvalue weighted by Crippen LogP contribution is 2.16. The molecule has 0 saturated heterocycles. The lowest BCUT2D eigenvalue weighted by molar-refractivity contribution is -0.122. The number of anilines is 1. The van der Waals surface area contributed by atoms with Gasteiger partial charge in [-0.05, 0) is 32.0 Å². The minimum Gasteiger partial charge on any atom is -0.399 e. The summed E-state index contributed by atoms with van der Waals surface area (Å²) in [6, 6.07) is 3.94. The molecule has 0 aliphatic carbocycles. The van der Waals surface area contributed by atoms with E-state index >= 15 is 0 Å². The molecule has 0 radical (unpaired) electrons. The Labute approximate surface area is 111 Å². The SMILES string of the molecule is CCNC(=O)C(C)NC(=O)c1cc(N)cc(Cl)c1. The molecule has 1 aromatic rings. The third kappa shape index (κ3) is 3.92. The van der Waals surface area contributed by atoms with Crippen molar-refractivity contribution in [1.29, 1.82) is 0 Å². The smallest absolute Gasteiger partial charge is 0.252 e. The van der Waals surface area contributed by atoms with Gasteiger partial charge in [-0.2, -0.15) is 0 Å². The monoisotopic (exact) mass is 269 g/mol. The van der Waals surface area contributed by atoms with Crippen LogP contribution in [0.15, 0.2) is 18.2 Å². The first kappa shape index (κ1) is 14.3. The molecule has 2 amide bonds. The number of carbonyl (C=O) groups excluding carboxylic acids is 2. The lowest BCUT2D eigenvalue weighted by Gasteiger charge is -2.13. The Hall–Kier alpha value is -1.75. The van der Waals surface area contributed by atoms with Gasteiger partial charge in [0.1, 0.15) is 6.04 Å². The van der Waals surface area contributed by atoms with E-state index in [2.05, 4.69) is 10.6 Å². The van der Waals surface area contributed by atoms with E-state index in [1.54, 1.807) is 13.0 Å². The van der Waals surface area contributed by atoms with Crippen molar-refractivity contribution in [3.8, 4) is 0 Å². The van der Waals surface area contributed by atoms with Crippen LogP contribution in [0.5, 0.6) is 0 Å². The third-order valence-corrected chi connectivity index (χ3v) is 2.49. The molecule has 5 nitrogen and oxygen atoms in total. The maximum atomic E-state index is 11.9. The molecule has 1 aromatic carbocycles. The molecule has 0 heterocycles. The number of nitrogens with one attached hydrogen (secondary N) is 2. The molecular weight excluding hydrogens is 254 g/mol. The number of amides is 2. The van der Waals surface area contributed by atoms with Gasteiger partial charge in [0.25, 0.3) is 5.91 Å². The second-order valence-electron chi connectivity index (χ2n) is 3.86. The molecule has 1 unspecified atom stereocenters. The van der Waals surface area contributed by atoms with E-state index in [1.807, 2.05) is 6.92 Å². The Morgan fingerprint density at radius 3 is 2.61 bits per heavy atom. The van der Waals surface area contributed by atoms with Gasteiger partial charge >= 0.3 is 0 Å². The van der Waals surface area contributed by atoms with Gasteiger partial charge in [-0.15, -0.1) is 0 Å². The molecule has 0 fully saturated rings. The highest BCUT2D eigenvalue weighted by molar-refractivity contribution is 6.31. The number of hydrogen-bond donors (Lipinski definition) is 3. The van der Waals surface area contributed by atoms with Crippen molar-refractivity contribution < 1.29 is 9.59 Å². The van der Waals surface area contributed by atoms with Gasteiger partial charge in [-0.1, -0.05) is 11.6 Å². The van der Waals surface area contributed by atoms with Gasteiger partial charge in [0, 0.05) is 22.8 Å². The Balaban J connectivity index is 2.73. The van der Waals surface area contributed by atoms with Crippen molar-refractivity contribution in [1.82, 2.24) is 10.6 Å². The van der Waals surface area contributed by atoms with E-state index in [4.69, 9.17) is 17.3 Å². The first-order chi connectivity index (χ1) is 8.43. The second kappa shape index (κ2) is 6.26. The van der Waals surface area contributed by atoms with Gasteiger partial charge in [0.2, 0.25) is 5.91 Å². The molecule has 0 aliphatic heterocycles. The fraction of sp³-hybridized carbons (Fsp3) is 0.333. The van der Waals surface area contributed by atoms with Crippen molar-refractivity contribution >= 4 is 29.1 Å². The Bertz CT molecular complexity index is 442. The van der Waals surface area contributed by atoms with Crippen LogP contribution >= 0.6 is 11.6 Å². The number of rotatable bonds is 4. The summed E-state index contributed by atoms with van der Waals surface area (Å²) in [5.74, 6) is -0.621. The zero-order valence-corrected chi connectivity index (χ0v) is 11.0. The Morgan fingerprint density at radius 1 is 1.39 bits per heavy atom. The predicted molar refractivity (Wildman–Crippen MR) is 71.5 cm³/mol. The van der Waals surface area contributed by atoms with E-state index in [9.17, 15) is 9.59 Å². The molecule has 1 atom stereocenters. The predicted octanol–water partition coefficient (Wildman–Crippen LogP) is 1.18. The maximum absolute atomic E-state index is 11.9. The topological polar surface area (TPSA) is 84.2 Å². The molecular formula is C12H16ClN3O2. The van der Waals surface area contributed by atoms with Crippen molar-refractivity contribution in [3.05, 3.63) is 28.8 Å². The number of nitrogens with two attached hydrogens (primary N) is 1. The molecule has 0 spiro atoms. The van der Waals surface area contributed by atoms with Crippen LogP contribution in [0.25, 0.3) is 0 Å². The Kier molecular flexibility index (Phi) is 4.97. The standard InChI is InChI=1S/C12H16ClN3O2/c1-3-15-11(17)7(2)16-12(18)8-4-9(13)6-10(14)5-8/h4-7H,3,14H2,1-2H3,(H,15,17)(H,16,18). The van der Waals surface area contributed by atoms with E-state index in [1.165, 1.54) is 12.1 Å². The van der Waals surface area contributed by atoms with Gasteiger partial charge < -0.3 is 16.4 Å². The summed E-state index contributed by atoms with van der Waals surface area (Å²) in [6.45, 7) is 3.93.